The molecule has 0 aliphatic rings. The molecule has 0 radical (unpaired) electrons. The number of rotatable bonds is 5. The van der Waals surface area contributed by atoms with E-state index in [9.17, 15) is 5.11 Å². The Labute approximate surface area is 123 Å². The standard InChI is InChI=1S/C16H14OS2/c1-2-19-14-9-7-12(8-10-14)11-13-5-3-4-6-15(13)16(17)18/h2-10H,1,11H2,(H,17,18). The topological polar surface area (TPSA) is 20.2 Å². The number of hydrogen-bond donors (Lipinski definition) is 1. The molecular weight excluding hydrogens is 272 g/mol. The molecule has 0 aliphatic heterocycles. The fraction of sp³-hybridized carbons (Fsp3) is 0.0625. The van der Waals surface area contributed by atoms with Crippen molar-refractivity contribution in [2.24, 2.45) is 0 Å². The lowest BCUT2D eigenvalue weighted by Gasteiger charge is -2.07. The van der Waals surface area contributed by atoms with E-state index in [1.165, 1.54) is 10.5 Å². The normalized spacial score (nSPS) is 10.1. The molecule has 19 heavy (non-hydrogen) atoms. The van der Waals surface area contributed by atoms with Crippen LogP contribution in [0.15, 0.2) is 65.4 Å². The van der Waals surface area contributed by atoms with Crippen LogP contribution in [0.3, 0.4) is 0 Å². The van der Waals surface area contributed by atoms with Crippen LogP contribution in [0.2, 0.25) is 0 Å². The predicted octanol–water partition coefficient (Wildman–Crippen LogP) is 4.75. The van der Waals surface area contributed by atoms with E-state index in [2.05, 4.69) is 30.8 Å². The van der Waals surface area contributed by atoms with Crippen LogP contribution < -0.4 is 0 Å². The molecular formula is C16H14OS2. The van der Waals surface area contributed by atoms with Gasteiger partial charge in [-0.05, 0) is 47.3 Å². The number of benzene rings is 2. The molecule has 0 unspecified atom stereocenters. The number of hydrogen-bond acceptors (Lipinski definition) is 2. The van der Waals surface area contributed by atoms with Crippen LogP contribution in [0, 0.1) is 0 Å². The second kappa shape index (κ2) is 6.55. The average Bonchev–Trinajstić information content (AvgIpc) is 2.42. The van der Waals surface area contributed by atoms with Crippen molar-refractivity contribution in [1.82, 2.24) is 0 Å². The number of aliphatic hydroxyl groups is 1. The van der Waals surface area contributed by atoms with E-state index in [0.29, 0.717) is 0 Å². The number of aliphatic hydroxyl groups excluding tert-OH is 1. The van der Waals surface area contributed by atoms with Crippen molar-refractivity contribution >= 4 is 29.0 Å². The van der Waals surface area contributed by atoms with Crippen molar-refractivity contribution in [3.8, 4) is 0 Å². The van der Waals surface area contributed by atoms with Gasteiger partial charge in [0.25, 0.3) is 0 Å². The quantitative estimate of drug-likeness (QED) is 0.633. The third-order valence-corrected chi connectivity index (χ3v) is 3.72. The summed E-state index contributed by atoms with van der Waals surface area (Å²) in [5.74, 6) is 0. The molecule has 96 valence electrons. The molecule has 0 fully saturated rings. The summed E-state index contributed by atoms with van der Waals surface area (Å²) in [7, 11) is 0. The predicted molar refractivity (Wildman–Crippen MR) is 86.1 cm³/mol. The molecule has 2 aromatic carbocycles. The minimum Gasteiger partial charge on any atom is -0.499 e. The first-order chi connectivity index (χ1) is 9.20. The molecule has 1 nitrogen and oxygen atoms in total. The summed E-state index contributed by atoms with van der Waals surface area (Å²) < 4.78 is 0. The first-order valence-electron chi connectivity index (χ1n) is 5.88. The van der Waals surface area contributed by atoms with Crippen molar-refractivity contribution in [2.45, 2.75) is 11.3 Å². The van der Waals surface area contributed by atoms with E-state index in [1.807, 2.05) is 29.7 Å². The fourth-order valence-electron chi connectivity index (χ4n) is 1.89. The molecule has 0 amide bonds. The first kappa shape index (κ1) is 13.8. The van der Waals surface area contributed by atoms with Gasteiger partial charge in [0.2, 0.25) is 0 Å². The van der Waals surface area contributed by atoms with Gasteiger partial charge >= 0.3 is 0 Å². The summed E-state index contributed by atoms with van der Waals surface area (Å²) >= 11 is 6.46. The third kappa shape index (κ3) is 3.69. The summed E-state index contributed by atoms with van der Waals surface area (Å²) in [4.78, 5) is 1.17. The van der Waals surface area contributed by atoms with E-state index in [0.717, 1.165) is 17.5 Å². The van der Waals surface area contributed by atoms with Crippen LogP contribution >= 0.6 is 24.0 Å². The molecule has 0 bridgehead atoms. The lowest BCUT2D eigenvalue weighted by atomic mass is 10.0. The Morgan fingerprint density at radius 3 is 2.47 bits per heavy atom. The van der Waals surface area contributed by atoms with Crippen molar-refractivity contribution < 1.29 is 5.11 Å². The largest absolute Gasteiger partial charge is 0.499 e. The molecule has 0 aromatic heterocycles. The zero-order valence-electron chi connectivity index (χ0n) is 10.4. The van der Waals surface area contributed by atoms with Crippen LogP contribution in [0.5, 0.6) is 0 Å². The smallest absolute Gasteiger partial charge is 0.188 e. The zero-order valence-corrected chi connectivity index (χ0v) is 12.0. The molecule has 0 aliphatic carbocycles. The Balaban J connectivity index is 2.21. The highest BCUT2D eigenvalue weighted by Gasteiger charge is 2.06. The summed E-state index contributed by atoms with van der Waals surface area (Å²) in [6, 6.07) is 16.0. The highest BCUT2D eigenvalue weighted by molar-refractivity contribution is 8.02. The minimum absolute atomic E-state index is 0.0468. The Kier molecular flexibility index (Phi) is 4.77. The Morgan fingerprint density at radius 2 is 1.84 bits per heavy atom. The number of thiocarbonyl (C=S) groups is 1. The van der Waals surface area contributed by atoms with Gasteiger partial charge in [-0.15, -0.1) is 0 Å². The summed E-state index contributed by atoms with van der Waals surface area (Å²) in [5.41, 5.74) is 2.97. The molecule has 0 saturated carbocycles. The Bertz CT molecular complexity index is 588. The summed E-state index contributed by atoms with van der Waals surface area (Å²) in [6.07, 6.45) is 0.760. The van der Waals surface area contributed by atoms with E-state index in [4.69, 9.17) is 12.2 Å². The third-order valence-electron chi connectivity index (χ3n) is 2.79. The van der Waals surface area contributed by atoms with Crippen LogP contribution in [-0.4, -0.2) is 10.2 Å². The molecule has 0 heterocycles. The van der Waals surface area contributed by atoms with Gasteiger partial charge in [0.1, 0.15) is 0 Å². The van der Waals surface area contributed by atoms with Gasteiger partial charge in [-0.25, -0.2) is 0 Å². The van der Waals surface area contributed by atoms with E-state index < -0.39 is 0 Å². The Hall–Kier alpha value is -1.58. The molecule has 3 heteroatoms. The maximum atomic E-state index is 9.51. The lowest BCUT2D eigenvalue weighted by molar-refractivity contribution is 0.570. The fourth-order valence-corrected chi connectivity index (χ4v) is 2.57. The maximum absolute atomic E-state index is 9.51. The lowest BCUT2D eigenvalue weighted by Crippen LogP contribution is -2.01. The van der Waals surface area contributed by atoms with Crippen LogP contribution in [0.1, 0.15) is 16.7 Å². The minimum atomic E-state index is -0.0468. The monoisotopic (exact) mass is 286 g/mol. The van der Waals surface area contributed by atoms with Gasteiger partial charge < -0.3 is 5.11 Å². The van der Waals surface area contributed by atoms with Crippen molar-refractivity contribution in [1.29, 1.82) is 0 Å². The van der Waals surface area contributed by atoms with E-state index in [-0.39, 0.29) is 5.05 Å². The summed E-state index contributed by atoms with van der Waals surface area (Å²) in [6.45, 7) is 3.70. The average molecular weight is 286 g/mol. The van der Waals surface area contributed by atoms with Gasteiger partial charge in [-0.1, -0.05) is 54.7 Å². The summed E-state index contributed by atoms with van der Waals surface area (Å²) in [5, 5.41) is 11.3. The van der Waals surface area contributed by atoms with Gasteiger partial charge in [-0.3, -0.25) is 0 Å². The van der Waals surface area contributed by atoms with Crippen LogP contribution in [-0.2, 0) is 6.42 Å². The highest BCUT2D eigenvalue weighted by Crippen LogP contribution is 2.21. The maximum Gasteiger partial charge on any atom is 0.188 e. The first-order valence-corrected chi connectivity index (χ1v) is 7.17. The van der Waals surface area contributed by atoms with E-state index in [1.54, 1.807) is 11.8 Å². The molecule has 1 N–H and O–H groups in total. The highest BCUT2D eigenvalue weighted by atomic mass is 32.2. The molecule has 0 atom stereocenters. The molecule has 2 rings (SSSR count). The van der Waals surface area contributed by atoms with Crippen molar-refractivity contribution in [2.75, 3.05) is 0 Å². The van der Waals surface area contributed by atoms with Gasteiger partial charge in [-0.2, -0.15) is 0 Å². The van der Waals surface area contributed by atoms with Crippen LogP contribution in [0.4, 0.5) is 0 Å². The molecule has 0 saturated heterocycles. The van der Waals surface area contributed by atoms with Gasteiger partial charge in [0.05, 0.1) is 0 Å². The van der Waals surface area contributed by atoms with Crippen molar-refractivity contribution in [3.05, 3.63) is 77.2 Å². The van der Waals surface area contributed by atoms with E-state index >= 15 is 0 Å². The van der Waals surface area contributed by atoms with Crippen LogP contribution in [0.25, 0.3) is 0 Å². The second-order valence-electron chi connectivity index (χ2n) is 4.07. The van der Waals surface area contributed by atoms with Gasteiger partial charge in [0, 0.05) is 10.5 Å². The second-order valence-corrected chi connectivity index (χ2v) is 5.49. The van der Waals surface area contributed by atoms with Gasteiger partial charge in [0.15, 0.2) is 5.05 Å². The zero-order chi connectivity index (χ0) is 13.7. The molecule has 0 spiro atoms. The Morgan fingerprint density at radius 1 is 1.16 bits per heavy atom. The molecule has 2 aromatic rings. The van der Waals surface area contributed by atoms with Crippen molar-refractivity contribution in [3.63, 3.8) is 0 Å². The SMILES string of the molecule is C=CSc1ccc(Cc2ccccc2C(O)=S)cc1. The number of thioether (sulfide) groups is 1.